The first-order chi connectivity index (χ1) is 13.2. The Morgan fingerprint density at radius 1 is 1.00 bits per heavy atom. The minimum absolute atomic E-state index is 0.0201. The maximum atomic E-state index is 10.3. The highest BCUT2D eigenvalue weighted by Crippen LogP contribution is 2.38. The Labute approximate surface area is 163 Å². The van der Waals surface area contributed by atoms with Gasteiger partial charge in [0, 0.05) is 17.0 Å². The molecule has 1 aliphatic rings. The highest BCUT2D eigenvalue weighted by molar-refractivity contribution is 6.30. The lowest BCUT2D eigenvalue weighted by molar-refractivity contribution is 0.414. The lowest BCUT2D eigenvalue weighted by Crippen LogP contribution is -2.18. The summed E-state index contributed by atoms with van der Waals surface area (Å²) in [5.74, 6) is 1.05. The molecule has 0 saturated heterocycles. The quantitative estimate of drug-likeness (QED) is 0.660. The summed E-state index contributed by atoms with van der Waals surface area (Å²) >= 11 is 6.05. The molecule has 0 radical (unpaired) electrons. The van der Waals surface area contributed by atoms with Crippen LogP contribution in [0.5, 0.6) is 11.5 Å². The number of phenols is 1. The number of benzene rings is 3. The van der Waals surface area contributed by atoms with E-state index in [1.54, 1.807) is 13.2 Å². The second-order valence-corrected chi connectivity index (χ2v) is 6.81. The second kappa shape index (κ2) is 7.33. The van der Waals surface area contributed by atoms with Gasteiger partial charge in [0.1, 0.15) is 11.5 Å². The Balaban J connectivity index is 1.75. The number of hydrogen-bond acceptors (Lipinski definition) is 4. The molecule has 0 aromatic heterocycles. The molecule has 27 heavy (non-hydrogen) atoms. The number of rotatable bonds is 4. The van der Waals surface area contributed by atoms with Gasteiger partial charge in [-0.25, -0.2) is 0 Å². The minimum Gasteiger partial charge on any atom is -0.507 e. The van der Waals surface area contributed by atoms with Gasteiger partial charge < -0.3 is 9.84 Å². The van der Waals surface area contributed by atoms with E-state index in [1.807, 2.05) is 59.6 Å². The number of para-hydroxylation sites is 1. The summed E-state index contributed by atoms with van der Waals surface area (Å²) in [6.45, 7) is 0. The predicted octanol–water partition coefficient (Wildman–Crippen LogP) is 5.41. The van der Waals surface area contributed by atoms with E-state index >= 15 is 0 Å². The lowest BCUT2D eigenvalue weighted by atomic mass is 9.97. The molecular weight excluding hydrogens is 360 g/mol. The van der Waals surface area contributed by atoms with E-state index in [4.69, 9.17) is 21.4 Å². The Kier molecular flexibility index (Phi) is 4.73. The van der Waals surface area contributed by atoms with Gasteiger partial charge >= 0.3 is 0 Å². The van der Waals surface area contributed by atoms with E-state index in [-0.39, 0.29) is 11.8 Å². The summed E-state index contributed by atoms with van der Waals surface area (Å²) in [4.78, 5) is 0. The molecule has 0 saturated carbocycles. The molecular formula is C22H19ClN2O2. The number of hydrogen-bond donors (Lipinski definition) is 1. The Bertz CT molecular complexity index is 968. The molecule has 0 bridgehead atoms. The molecule has 5 heteroatoms. The van der Waals surface area contributed by atoms with Crippen molar-refractivity contribution in [1.82, 2.24) is 0 Å². The highest BCUT2D eigenvalue weighted by Gasteiger charge is 2.30. The zero-order valence-corrected chi connectivity index (χ0v) is 15.6. The molecule has 3 aromatic carbocycles. The summed E-state index contributed by atoms with van der Waals surface area (Å²) < 4.78 is 5.27. The largest absolute Gasteiger partial charge is 0.507 e. The van der Waals surface area contributed by atoms with Crippen LogP contribution in [0.25, 0.3) is 0 Å². The van der Waals surface area contributed by atoms with Gasteiger partial charge in [0.15, 0.2) is 0 Å². The van der Waals surface area contributed by atoms with Crippen LogP contribution in [0.3, 0.4) is 0 Å². The molecule has 0 aliphatic carbocycles. The highest BCUT2D eigenvalue weighted by atomic mass is 35.5. The molecule has 1 aliphatic heterocycles. The van der Waals surface area contributed by atoms with Gasteiger partial charge in [0.25, 0.3) is 0 Å². The number of hydrazone groups is 1. The number of nitrogens with zero attached hydrogens (tertiary/aromatic N) is 2. The summed E-state index contributed by atoms with van der Waals surface area (Å²) in [7, 11) is 1.66. The van der Waals surface area contributed by atoms with Gasteiger partial charge in [-0.15, -0.1) is 0 Å². The molecule has 0 amide bonds. The van der Waals surface area contributed by atoms with Crippen LogP contribution in [0.4, 0.5) is 5.69 Å². The van der Waals surface area contributed by atoms with Crippen molar-refractivity contribution in [3.05, 3.63) is 88.9 Å². The van der Waals surface area contributed by atoms with Crippen LogP contribution in [0, 0.1) is 0 Å². The molecule has 1 unspecified atom stereocenters. The van der Waals surface area contributed by atoms with Crippen molar-refractivity contribution in [2.45, 2.75) is 12.5 Å². The summed E-state index contributed by atoms with van der Waals surface area (Å²) in [6.07, 6.45) is 0.687. The van der Waals surface area contributed by atoms with E-state index in [0.29, 0.717) is 11.4 Å². The van der Waals surface area contributed by atoms with Crippen LogP contribution in [0.1, 0.15) is 23.6 Å². The molecule has 136 valence electrons. The van der Waals surface area contributed by atoms with Crippen LogP contribution >= 0.6 is 11.6 Å². The second-order valence-electron chi connectivity index (χ2n) is 6.38. The standard InChI is InChI=1S/C22H19ClN2O2/c1-27-18-12-6-15(7-13-18)21-14-20(19-4-2-3-5-22(19)26)24-25(21)17-10-8-16(23)9-11-17/h2-13,21,26H,14H2,1H3. The third-order valence-corrected chi connectivity index (χ3v) is 4.97. The topological polar surface area (TPSA) is 45.1 Å². The summed E-state index contributed by atoms with van der Waals surface area (Å²) in [5.41, 5.74) is 3.68. The van der Waals surface area contributed by atoms with Crippen molar-refractivity contribution in [3.63, 3.8) is 0 Å². The summed E-state index contributed by atoms with van der Waals surface area (Å²) in [6, 6.07) is 22.9. The van der Waals surface area contributed by atoms with Crippen LogP contribution in [0.2, 0.25) is 5.02 Å². The maximum absolute atomic E-state index is 10.3. The van der Waals surface area contributed by atoms with Gasteiger partial charge in [-0.3, -0.25) is 5.01 Å². The first-order valence-corrected chi connectivity index (χ1v) is 9.08. The number of phenolic OH excluding ortho intramolecular Hbond substituents is 1. The number of methoxy groups -OCH3 is 1. The average Bonchev–Trinajstić information content (AvgIpc) is 3.14. The monoisotopic (exact) mass is 378 g/mol. The molecule has 1 N–H and O–H groups in total. The smallest absolute Gasteiger partial charge is 0.124 e. The van der Waals surface area contributed by atoms with E-state index in [1.165, 1.54) is 0 Å². The Hall–Kier alpha value is -2.98. The molecule has 4 rings (SSSR count). The normalized spacial score (nSPS) is 16.3. The van der Waals surface area contributed by atoms with Crippen LogP contribution < -0.4 is 9.75 Å². The Morgan fingerprint density at radius 2 is 1.70 bits per heavy atom. The van der Waals surface area contributed by atoms with Crippen molar-refractivity contribution in [2.24, 2.45) is 5.10 Å². The van der Waals surface area contributed by atoms with Crippen molar-refractivity contribution >= 4 is 23.0 Å². The van der Waals surface area contributed by atoms with Gasteiger partial charge in [0.05, 0.1) is 24.6 Å². The molecule has 4 nitrogen and oxygen atoms in total. The zero-order valence-electron chi connectivity index (χ0n) is 14.8. The molecule has 3 aromatic rings. The van der Waals surface area contributed by atoms with Gasteiger partial charge in [-0.05, 0) is 54.1 Å². The average molecular weight is 379 g/mol. The fraction of sp³-hybridized carbons (Fsp3) is 0.136. The van der Waals surface area contributed by atoms with Gasteiger partial charge in [-0.2, -0.15) is 5.10 Å². The minimum atomic E-state index is 0.0201. The third kappa shape index (κ3) is 3.49. The third-order valence-electron chi connectivity index (χ3n) is 4.72. The van der Waals surface area contributed by atoms with Crippen LogP contribution in [-0.4, -0.2) is 17.9 Å². The van der Waals surface area contributed by atoms with Crippen molar-refractivity contribution in [1.29, 1.82) is 0 Å². The fourth-order valence-corrected chi connectivity index (χ4v) is 3.43. The molecule has 0 fully saturated rings. The van der Waals surface area contributed by atoms with E-state index < -0.39 is 0 Å². The van der Waals surface area contributed by atoms with E-state index in [0.717, 1.165) is 28.3 Å². The molecule has 0 spiro atoms. The van der Waals surface area contributed by atoms with Crippen molar-refractivity contribution < 1.29 is 9.84 Å². The van der Waals surface area contributed by atoms with Crippen LogP contribution in [0.15, 0.2) is 77.9 Å². The SMILES string of the molecule is COc1ccc(C2CC(c3ccccc3O)=NN2c2ccc(Cl)cc2)cc1. The molecule has 1 atom stereocenters. The maximum Gasteiger partial charge on any atom is 0.124 e. The van der Waals surface area contributed by atoms with E-state index in [9.17, 15) is 5.11 Å². The molecule has 1 heterocycles. The van der Waals surface area contributed by atoms with Crippen molar-refractivity contribution in [3.8, 4) is 11.5 Å². The fourth-order valence-electron chi connectivity index (χ4n) is 3.31. The zero-order chi connectivity index (χ0) is 18.8. The number of ether oxygens (including phenoxy) is 1. The number of halogens is 1. The lowest BCUT2D eigenvalue weighted by Gasteiger charge is -2.24. The first-order valence-electron chi connectivity index (χ1n) is 8.70. The van der Waals surface area contributed by atoms with Crippen LogP contribution in [-0.2, 0) is 0 Å². The van der Waals surface area contributed by atoms with Gasteiger partial charge in [-0.1, -0.05) is 35.9 Å². The van der Waals surface area contributed by atoms with Crippen molar-refractivity contribution in [2.75, 3.05) is 12.1 Å². The predicted molar refractivity (Wildman–Crippen MR) is 109 cm³/mol. The summed E-state index contributed by atoms with van der Waals surface area (Å²) in [5, 5.41) is 17.8. The Morgan fingerprint density at radius 3 is 2.37 bits per heavy atom. The number of aromatic hydroxyl groups is 1. The van der Waals surface area contributed by atoms with Gasteiger partial charge in [0.2, 0.25) is 0 Å². The van der Waals surface area contributed by atoms with E-state index in [2.05, 4.69) is 12.1 Å². The first kappa shape index (κ1) is 17.4. The number of anilines is 1.